The fourth-order valence-electron chi connectivity index (χ4n) is 3.98. The predicted octanol–water partition coefficient (Wildman–Crippen LogP) is 5.34. The monoisotopic (exact) mass is 447 g/mol. The van der Waals surface area contributed by atoms with Gasteiger partial charge in [0.05, 0.1) is 4.91 Å². The highest BCUT2D eigenvalue weighted by atomic mass is 32.2. The molecule has 0 bridgehead atoms. The Morgan fingerprint density at radius 2 is 1.81 bits per heavy atom. The van der Waals surface area contributed by atoms with Gasteiger partial charge in [-0.3, -0.25) is 19.3 Å². The zero-order chi connectivity index (χ0) is 22.8. The first-order valence-electron chi connectivity index (χ1n) is 10.6. The molecule has 0 saturated carbocycles. The van der Waals surface area contributed by atoms with Crippen LogP contribution in [0.2, 0.25) is 0 Å². The molecule has 0 radical (unpaired) electrons. The van der Waals surface area contributed by atoms with Gasteiger partial charge in [-0.2, -0.15) is 0 Å². The molecule has 2 aromatic carbocycles. The van der Waals surface area contributed by atoms with Gasteiger partial charge in [-0.05, 0) is 67.4 Å². The number of carbonyl (C=O) groups excluding carboxylic acids is 3. The fraction of sp³-hybridized carbons (Fsp3) is 0.240. The van der Waals surface area contributed by atoms with Crippen molar-refractivity contribution >= 4 is 51.5 Å². The second kappa shape index (κ2) is 9.04. The number of hydrogen-bond acceptors (Lipinski definition) is 4. The highest BCUT2D eigenvalue weighted by Crippen LogP contribution is 2.34. The number of thioether (sulfide) groups is 1. The van der Waals surface area contributed by atoms with Crippen LogP contribution >= 0.6 is 11.8 Å². The number of aryl methyl sites for hydroxylation is 3. The maximum atomic E-state index is 12.9. The predicted molar refractivity (Wildman–Crippen MR) is 129 cm³/mol. The molecule has 0 atom stereocenters. The van der Waals surface area contributed by atoms with Crippen LogP contribution in [0.3, 0.4) is 0 Å². The van der Waals surface area contributed by atoms with Crippen molar-refractivity contribution in [2.45, 2.75) is 33.7 Å². The molecule has 3 amide bonds. The number of para-hydroxylation sites is 1. The van der Waals surface area contributed by atoms with Crippen LogP contribution in [0.25, 0.3) is 17.0 Å². The van der Waals surface area contributed by atoms with E-state index in [4.69, 9.17) is 0 Å². The van der Waals surface area contributed by atoms with Crippen LogP contribution in [0.4, 0.5) is 10.5 Å². The lowest BCUT2D eigenvalue weighted by atomic mass is 10.1. The van der Waals surface area contributed by atoms with Crippen LogP contribution in [0.5, 0.6) is 0 Å². The summed E-state index contributed by atoms with van der Waals surface area (Å²) in [6.07, 6.45) is 4.75. The molecule has 3 aromatic rings. The van der Waals surface area contributed by atoms with E-state index in [-0.39, 0.29) is 6.54 Å². The summed E-state index contributed by atoms with van der Waals surface area (Å²) in [6, 6.07) is 13.7. The van der Waals surface area contributed by atoms with Crippen molar-refractivity contribution < 1.29 is 14.4 Å². The lowest BCUT2D eigenvalue weighted by molar-refractivity contribution is -0.127. The molecule has 0 spiro atoms. The first-order chi connectivity index (χ1) is 15.4. The number of rotatable bonds is 6. The van der Waals surface area contributed by atoms with E-state index in [1.807, 2.05) is 62.5 Å². The maximum Gasteiger partial charge on any atom is 0.294 e. The molecule has 0 unspecified atom stereocenters. The third kappa shape index (κ3) is 4.48. The number of nitrogens with zero attached hydrogens (tertiary/aromatic N) is 2. The molecular formula is C25H25N3O3S. The Morgan fingerprint density at radius 1 is 1.09 bits per heavy atom. The summed E-state index contributed by atoms with van der Waals surface area (Å²) in [4.78, 5) is 39.2. The lowest BCUT2D eigenvalue weighted by Crippen LogP contribution is -2.36. The number of amides is 3. The van der Waals surface area contributed by atoms with Crippen LogP contribution in [0.15, 0.2) is 53.6 Å². The van der Waals surface area contributed by atoms with Gasteiger partial charge in [0.1, 0.15) is 6.54 Å². The zero-order valence-corrected chi connectivity index (χ0v) is 19.2. The van der Waals surface area contributed by atoms with E-state index < -0.39 is 17.1 Å². The Bertz CT molecular complexity index is 1240. The Morgan fingerprint density at radius 3 is 2.53 bits per heavy atom. The number of hydrogen-bond donors (Lipinski definition) is 1. The molecular weight excluding hydrogens is 422 g/mol. The van der Waals surface area contributed by atoms with Gasteiger partial charge in [0, 0.05) is 34.9 Å². The van der Waals surface area contributed by atoms with Crippen molar-refractivity contribution in [1.29, 1.82) is 0 Å². The topological polar surface area (TPSA) is 71.4 Å². The van der Waals surface area contributed by atoms with Crippen molar-refractivity contribution in [1.82, 2.24) is 9.47 Å². The summed E-state index contributed by atoms with van der Waals surface area (Å²) in [5, 5.41) is 3.37. The van der Waals surface area contributed by atoms with Crippen LogP contribution < -0.4 is 5.32 Å². The largest absolute Gasteiger partial charge is 0.347 e. The van der Waals surface area contributed by atoms with Gasteiger partial charge in [0.25, 0.3) is 11.1 Å². The summed E-state index contributed by atoms with van der Waals surface area (Å²) in [5.74, 6) is -0.846. The third-order valence-electron chi connectivity index (χ3n) is 5.25. The summed E-state index contributed by atoms with van der Waals surface area (Å²) >= 11 is 0.870. The lowest BCUT2D eigenvalue weighted by Gasteiger charge is -2.13. The number of fused-ring (bicyclic) bond motifs is 1. The van der Waals surface area contributed by atoms with E-state index in [0.717, 1.165) is 57.2 Å². The first-order valence-corrected chi connectivity index (χ1v) is 11.4. The first kappa shape index (κ1) is 21.9. The highest BCUT2D eigenvalue weighted by Gasteiger charge is 2.36. The fourth-order valence-corrected chi connectivity index (χ4v) is 4.81. The molecule has 0 aliphatic carbocycles. The normalized spacial score (nSPS) is 15.2. The second-order valence-corrected chi connectivity index (χ2v) is 8.98. The number of anilines is 1. The molecule has 7 heteroatoms. The van der Waals surface area contributed by atoms with Crippen molar-refractivity contribution in [3.63, 3.8) is 0 Å². The Kier molecular flexibility index (Phi) is 6.19. The van der Waals surface area contributed by atoms with Crippen LogP contribution in [-0.4, -0.2) is 33.1 Å². The van der Waals surface area contributed by atoms with Crippen molar-refractivity contribution in [2.75, 3.05) is 11.9 Å². The zero-order valence-electron chi connectivity index (χ0n) is 18.3. The molecule has 1 fully saturated rings. The van der Waals surface area contributed by atoms with E-state index in [2.05, 4.69) is 16.8 Å². The van der Waals surface area contributed by atoms with Gasteiger partial charge in [0.15, 0.2) is 0 Å². The van der Waals surface area contributed by atoms with Crippen LogP contribution in [0.1, 0.15) is 30.0 Å². The summed E-state index contributed by atoms with van der Waals surface area (Å²) in [7, 11) is 0. The van der Waals surface area contributed by atoms with Crippen LogP contribution in [0, 0.1) is 13.8 Å². The number of carbonyl (C=O) groups is 3. The van der Waals surface area contributed by atoms with Crippen molar-refractivity contribution in [3.05, 3.63) is 70.3 Å². The Labute approximate surface area is 191 Å². The standard InChI is InChI=1S/C25H25N3O3S/c1-4-9-27-14-18(20-7-5-6-8-21(20)27)13-22-24(30)28(25(31)32-22)15-23(29)26-19-11-16(2)10-17(3)12-19/h5-8,10-14H,4,9,15H2,1-3H3,(H,26,29)/b22-13-. The van der Waals surface area contributed by atoms with Gasteiger partial charge in [0.2, 0.25) is 5.91 Å². The molecule has 6 nitrogen and oxygen atoms in total. The van der Waals surface area contributed by atoms with Gasteiger partial charge < -0.3 is 9.88 Å². The number of imide groups is 1. The van der Waals surface area contributed by atoms with Gasteiger partial charge in [-0.25, -0.2) is 0 Å². The summed E-state index contributed by atoms with van der Waals surface area (Å²) < 4.78 is 2.16. The quantitative estimate of drug-likeness (QED) is 0.518. The SMILES string of the molecule is CCCn1cc(/C=C2\SC(=O)N(CC(=O)Nc3cc(C)cc(C)c3)C2=O)c2ccccc21. The average molecular weight is 448 g/mol. The van der Waals surface area contributed by atoms with E-state index in [0.29, 0.717) is 10.6 Å². The molecule has 1 aromatic heterocycles. The summed E-state index contributed by atoms with van der Waals surface area (Å²) in [5.41, 5.74) is 4.68. The van der Waals surface area contributed by atoms with E-state index in [1.165, 1.54) is 0 Å². The molecule has 1 N–H and O–H groups in total. The van der Waals surface area contributed by atoms with Gasteiger partial charge in [-0.1, -0.05) is 31.2 Å². The summed E-state index contributed by atoms with van der Waals surface area (Å²) in [6.45, 7) is 6.56. The number of nitrogens with one attached hydrogen (secondary N) is 1. The molecule has 32 heavy (non-hydrogen) atoms. The van der Waals surface area contributed by atoms with Crippen LogP contribution in [-0.2, 0) is 16.1 Å². The number of aromatic nitrogens is 1. The molecule has 1 saturated heterocycles. The van der Waals surface area contributed by atoms with Gasteiger partial charge in [-0.15, -0.1) is 0 Å². The van der Waals surface area contributed by atoms with E-state index >= 15 is 0 Å². The smallest absolute Gasteiger partial charge is 0.294 e. The minimum Gasteiger partial charge on any atom is -0.347 e. The van der Waals surface area contributed by atoms with Crippen molar-refractivity contribution in [2.24, 2.45) is 0 Å². The van der Waals surface area contributed by atoms with E-state index in [9.17, 15) is 14.4 Å². The van der Waals surface area contributed by atoms with E-state index in [1.54, 1.807) is 6.08 Å². The average Bonchev–Trinajstić information content (AvgIpc) is 3.20. The second-order valence-electron chi connectivity index (χ2n) is 7.99. The number of benzene rings is 2. The molecule has 1 aliphatic rings. The third-order valence-corrected chi connectivity index (χ3v) is 6.16. The molecule has 1 aliphatic heterocycles. The Balaban J connectivity index is 1.53. The van der Waals surface area contributed by atoms with Crippen molar-refractivity contribution in [3.8, 4) is 0 Å². The highest BCUT2D eigenvalue weighted by molar-refractivity contribution is 8.18. The minimum atomic E-state index is -0.442. The Hall–Kier alpha value is -3.32. The minimum absolute atomic E-state index is 0.313. The molecule has 164 valence electrons. The van der Waals surface area contributed by atoms with Gasteiger partial charge >= 0.3 is 0 Å². The maximum absolute atomic E-state index is 12.9. The molecule has 2 heterocycles. The molecule has 4 rings (SSSR count).